The van der Waals surface area contributed by atoms with Gasteiger partial charge in [-0.2, -0.15) is 0 Å². The topological polar surface area (TPSA) is 54.0 Å². The van der Waals surface area contributed by atoms with E-state index >= 15 is 0 Å². The third-order valence-corrected chi connectivity index (χ3v) is 2.77. The van der Waals surface area contributed by atoms with Gasteiger partial charge in [0.05, 0.1) is 0 Å². The summed E-state index contributed by atoms with van der Waals surface area (Å²) in [7, 11) is 0. The molecule has 0 spiro atoms. The van der Waals surface area contributed by atoms with Gasteiger partial charge in [0.2, 0.25) is 0 Å². The minimum atomic E-state index is -0.264. The summed E-state index contributed by atoms with van der Waals surface area (Å²) in [6, 6.07) is 10.8. The van der Waals surface area contributed by atoms with Gasteiger partial charge >= 0.3 is 0 Å². The molecule has 0 aliphatic rings. The molecule has 20 heavy (non-hydrogen) atoms. The van der Waals surface area contributed by atoms with Crippen molar-refractivity contribution in [3.05, 3.63) is 53.3 Å². The molecular formula is C15H16ClN3O. The van der Waals surface area contributed by atoms with Crippen molar-refractivity contribution >= 4 is 28.9 Å². The van der Waals surface area contributed by atoms with Gasteiger partial charge in [0, 0.05) is 28.6 Å². The molecule has 1 amide bonds. The number of nitrogens with zero attached hydrogens (tertiary/aromatic N) is 1. The number of amides is 1. The van der Waals surface area contributed by atoms with Crippen LogP contribution in [0.15, 0.2) is 42.6 Å². The lowest BCUT2D eigenvalue weighted by Crippen LogP contribution is -2.15. The highest BCUT2D eigenvalue weighted by Gasteiger charge is 2.09. The molecular weight excluding hydrogens is 274 g/mol. The lowest BCUT2D eigenvalue weighted by molar-refractivity contribution is 0.102. The molecule has 0 atom stereocenters. The maximum atomic E-state index is 12.1. The first-order chi connectivity index (χ1) is 9.54. The third-order valence-electron chi connectivity index (χ3n) is 2.53. The van der Waals surface area contributed by atoms with Gasteiger partial charge in [-0.1, -0.05) is 17.7 Å². The number of rotatable bonds is 4. The van der Waals surface area contributed by atoms with Crippen molar-refractivity contribution in [2.75, 3.05) is 10.6 Å². The van der Waals surface area contributed by atoms with Crippen LogP contribution in [0.25, 0.3) is 0 Å². The van der Waals surface area contributed by atoms with Crippen molar-refractivity contribution in [1.29, 1.82) is 0 Å². The molecule has 2 N–H and O–H groups in total. The molecule has 0 bridgehead atoms. The fourth-order valence-corrected chi connectivity index (χ4v) is 1.93. The zero-order chi connectivity index (χ0) is 14.5. The van der Waals surface area contributed by atoms with Gasteiger partial charge in [-0.05, 0) is 44.2 Å². The summed E-state index contributed by atoms with van der Waals surface area (Å²) in [5, 5.41) is 6.57. The van der Waals surface area contributed by atoms with Crippen LogP contribution >= 0.6 is 11.6 Å². The molecule has 0 unspecified atom stereocenters. The summed E-state index contributed by atoms with van der Waals surface area (Å²) in [6.45, 7) is 4.07. The van der Waals surface area contributed by atoms with E-state index in [2.05, 4.69) is 15.6 Å². The highest BCUT2D eigenvalue weighted by Crippen LogP contribution is 2.16. The molecule has 1 aromatic heterocycles. The van der Waals surface area contributed by atoms with Gasteiger partial charge in [0.15, 0.2) is 0 Å². The summed E-state index contributed by atoms with van der Waals surface area (Å²) in [6.07, 6.45) is 1.61. The van der Waals surface area contributed by atoms with Crippen LogP contribution < -0.4 is 10.6 Å². The largest absolute Gasteiger partial charge is 0.383 e. The molecule has 0 radical (unpaired) electrons. The zero-order valence-electron chi connectivity index (χ0n) is 11.4. The quantitative estimate of drug-likeness (QED) is 0.900. The summed E-state index contributed by atoms with van der Waals surface area (Å²) in [5.41, 5.74) is 1.87. The maximum absolute atomic E-state index is 12.1. The number of pyridine rings is 1. The Morgan fingerprint density at radius 3 is 2.70 bits per heavy atom. The lowest BCUT2D eigenvalue weighted by atomic mass is 10.2. The normalized spacial score (nSPS) is 10.4. The number of benzene rings is 1. The second-order valence-electron chi connectivity index (χ2n) is 4.69. The highest BCUT2D eigenvalue weighted by molar-refractivity contribution is 6.30. The Hall–Kier alpha value is -2.07. The first kappa shape index (κ1) is 14.3. The number of nitrogens with one attached hydrogen (secondary N) is 2. The number of aromatic nitrogens is 1. The van der Waals surface area contributed by atoms with Crippen LogP contribution in [0.2, 0.25) is 5.02 Å². The maximum Gasteiger partial charge on any atom is 0.274 e. The number of hydrogen-bond acceptors (Lipinski definition) is 3. The minimum absolute atomic E-state index is 0.264. The minimum Gasteiger partial charge on any atom is -0.383 e. The van der Waals surface area contributed by atoms with E-state index in [-0.39, 0.29) is 5.91 Å². The van der Waals surface area contributed by atoms with E-state index in [1.54, 1.807) is 36.5 Å². The van der Waals surface area contributed by atoms with Crippen molar-refractivity contribution < 1.29 is 4.79 Å². The van der Waals surface area contributed by atoms with Gasteiger partial charge in [0.1, 0.15) is 5.69 Å². The molecule has 5 heteroatoms. The standard InChI is InChI=1S/C15H16ClN3O/c1-10(2)18-13-6-7-17-14(9-13)15(20)19-12-5-3-4-11(16)8-12/h3-10H,1-2H3,(H,17,18)(H,19,20). The Kier molecular flexibility index (Phi) is 4.58. The molecule has 0 saturated carbocycles. The van der Waals surface area contributed by atoms with Gasteiger partial charge in [-0.25, -0.2) is 0 Å². The summed E-state index contributed by atoms with van der Waals surface area (Å²) < 4.78 is 0. The third kappa shape index (κ3) is 3.96. The van der Waals surface area contributed by atoms with Crippen LogP contribution in [0, 0.1) is 0 Å². The van der Waals surface area contributed by atoms with Gasteiger partial charge in [-0.15, -0.1) is 0 Å². The predicted molar refractivity (Wildman–Crippen MR) is 82.4 cm³/mol. The van der Waals surface area contributed by atoms with Gasteiger partial charge in [-0.3, -0.25) is 9.78 Å². The summed E-state index contributed by atoms with van der Waals surface area (Å²) >= 11 is 5.88. The van der Waals surface area contributed by atoms with Crippen LogP contribution in [0.1, 0.15) is 24.3 Å². The second kappa shape index (κ2) is 6.39. The lowest BCUT2D eigenvalue weighted by Gasteiger charge is -2.11. The molecule has 0 aliphatic carbocycles. The monoisotopic (exact) mass is 289 g/mol. The van der Waals surface area contributed by atoms with Crippen LogP contribution in [-0.4, -0.2) is 16.9 Å². The Bertz CT molecular complexity index is 614. The average Bonchev–Trinajstić information content (AvgIpc) is 2.38. The number of hydrogen-bond donors (Lipinski definition) is 2. The van der Waals surface area contributed by atoms with Crippen molar-refractivity contribution in [1.82, 2.24) is 4.98 Å². The average molecular weight is 290 g/mol. The molecule has 0 aliphatic heterocycles. The zero-order valence-corrected chi connectivity index (χ0v) is 12.1. The number of carbonyl (C=O) groups excluding carboxylic acids is 1. The Labute approximate surface area is 123 Å². The Morgan fingerprint density at radius 1 is 1.20 bits per heavy atom. The molecule has 104 valence electrons. The van der Waals surface area contributed by atoms with Crippen molar-refractivity contribution in [2.45, 2.75) is 19.9 Å². The van der Waals surface area contributed by atoms with Crippen LogP contribution in [0.4, 0.5) is 11.4 Å². The summed E-state index contributed by atoms with van der Waals surface area (Å²) in [4.78, 5) is 16.2. The fraction of sp³-hybridized carbons (Fsp3) is 0.200. The van der Waals surface area contributed by atoms with E-state index in [0.717, 1.165) is 5.69 Å². The summed E-state index contributed by atoms with van der Waals surface area (Å²) in [5.74, 6) is -0.264. The Balaban J connectivity index is 2.13. The van der Waals surface area contributed by atoms with E-state index in [4.69, 9.17) is 11.6 Å². The van der Waals surface area contributed by atoms with Crippen LogP contribution in [-0.2, 0) is 0 Å². The predicted octanol–water partition coefficient (Wildman–Crippen LogP) is 3.81. The fourth-order valence-electron chi connectivity index (χ4n) is 1.74. The van der Waals surface area contributed by atoms with E-state index < -0.39 is 0 Å². The number of carbonyl (C=O) groups is 1. The second-order valence-corrected chi connectivity index (χ2v) is 5.13. The molecule has 4 nitrogen and oxygen atoms in total. The molecule has 1 aromatic carbocycles. The van der Waals surface area contributed by atoms with Crippen LogP contribution in [0.5, 0.6) is 0 Å². The van der Waals surface area contributed by atoms with Crippen molar-refractivity contribution in [3.8, 4) is 0 Å². The van der Waals surface area contributed by atoms with Crippen LogP contribution in [0.3, 0.4) is 0 Å². The molecule has 1 heterocycles. The smallest absolute Gasteiger partial charge is 0.274 e. The van der Waals surface area contributed by atoms with Crippen molar-refractivity contribution in [2.24, 2.45) is 0 Å². The van der Waals surface area contributed by atoms with Gasteiger partial charge in [0.25, 0.3) is 5.91 Å². The van der Waals surface area contributed by atoms with E-state index in [9.17, 15) is 4.79 Å². The SMILES string of the molecule is CC(C)Nc1ccnc(C(=O)Nc2cccc(Cl)c2)c1. The molecule has 2 aromatic rings. The van der Waals surface area contributed by atoms with Crippen molar-refractivity contribution in [3.63, 3.8) is 0 Å². The Morgan fingerprint density at radius 2 is 2.00 bits per heavy atom. The van der Waals surface area contributed by atoms with E-state index in [1.165, 1.54) is 0 Å². The van der Waals surface area contributed by atoms with E-state index in [1.807, 2.05) is 19.9 Å². The van der Waals surface area contributed by atoms with E-state index in [0.29, 0.717) is 22.4 Å². The number of anilines is 2. The first-order valence-electron chi connectivity index (χ1n) is 6.34. The molecule has 2 rings (SSSR count). The highest BCUT2D eigenvalue weighted by atomic mass is 35.5. The number of halogens is 1. The molecule has 0 fully saturated rings. The molecule has 0 saturated heterocycles. The first-order valence-corrected chi connectivity index (χ1v) is 6.72. The van der Waals surface area contributed by atoms with Gasteiger partial charge < -0.3 is 10.6 Å².